The van der Waals surface area contributed by atoms with Crippen LogP contribution in [0.2, 0.25) is 0 Å². The molecule has 1 saturated heterocycles. The molecule has 3 aromatic carbocycles. The molecule has 2 amide bonds. The van der Waals surface area contributed by atoms with Crippen LogP contribution < -0.4 is 15.8 Å². The Morgan fingerprint density at radius 3 is 2.40 bits per heavy atom. The first-order valence-corrected chi connectivity index (χ1v) is 16.2. The summed E-state index contributed by atoms with van der Waals surface area (Å²) in [5.74, 6) is 0.564. The van der Waals surface area contributed by atoms with E-state index >= 15 is 0 Å². The van der Waals surface area contributed by atoms with Gasteiger partial charge in [0.15, 0.2) is 5.17 Å². The largest absolute Gasteiger partial charge is 0.497 e. The molecular weight excluding hydrogens is 605 g/mol. The molecule has 2 atom stereocenters. The van der Waals surface area contributed by atoms with Gasteiger partial charge in [0.25, 0.3) is 5.91 Å². The number of rotatable bonds is 11. The second-order valence-corrected chi connectivity index (χ2v) is 13.0. The molecule has 2 heterocycles. The fourth-order valence-electron chi connectivity index (χ4n) is 4.56. The third-order valence-electron chi connectivity index (χ3n) is 6.74. The van der Waals surface area contributed by atoms with Crippen LogP contribution in [0, 0.1) is 5.41 Å². The molecule has 0 radical (unpaired) electrons. The van der Waals surface area contributed by atoms with E-state index < -0.39 is 17.4 Å². The Bertz CT molecular complexity index is 1530. The van der Waals surface area contributed by atoms with Gasteiger partial charge in [0.05, 0.1) is 13.5 Å². The minimum Gasteiger partial charge on any atom is -0.497 e. The predicted octanol–water partition coefficient (Wildman–Crippen LogP) is 4.51. The van der Waals surface area contributed by atoms with E-state index in [0.29, 0.717) is 22.2 Å². The third kappa shape index (κ3) is 7.56. The number of fused-ring (bicyclic) bond motifs is 1. The maximum absolute atomic E-state index is 13.6. The third-order valence-corrected chi connectivity index (χ3v) is 10.1. The van der Waals surface area contributed by atoms with Crippen molar-refractivity contribution < 1.29 is 23.9 Å². The zero-order valence-corrected chi connectivity index (χ0v) is 25.7. The lowest BCUT2D eigenvalue weighted by atomic mass is 10.0. The van der Waals surface area contributed by atoms with Crippen LogP contribution in [-0.2, 0) is 37.9 Å². The molecule has 0 bridgehead atoms. The summed E-state index contributed by atoms with van der Waals surface area (Å²) in [5.41, 5.74) is 8.31. The van der Waals surface area contributed by atoms with Crippen LogP contribution in [-0.4, -0.2) is 52.1 Å². The van der Waals surface area contributed by atoms with Crippen LogP contribution in [0.3, 0.4) is 0 Å². The van der Waals surface area contributed by atoms with Crippen molar-refractivity contribution in [3.05, 3.63) is 106 Å². The minimum absolute atomic E-state index is 0.0316. The molecule has 9 nitrogen and oxygen atoms in total. The lowest BCUT2D eigenvalue weighted by Crippen LogP contribution is -2.70. The number of amidine groups is 1. The van der Waals surface area contributed by atoms with Crippen molar-refractivity contribution in [1.82, 2.24) is 10.2 Å². The summed E-state index contributed by atoms with van der Waals surface area (Å²) in [6, 6.07) is 23.6. The lowest BCUT2D eigenvalue weighted by Gasteiger charge is -2.49. The number of hydrogen-bond acceptors (Lipinski definition) is 9. The number of ether oxygens (including phenoxy) is 2. The summed E-state index contributed by atoms with van der Waals surface area (Å²) in [6.45, 7) is 0.0316. The quantitative estimate of drug-likeness (QED) is 0.121. The number of carbonyl (C=O) groups is 3. The smallest absolute Gasteiger partial charge is 0.356 e. The van der Waals surface area contributed by atoms with Crippen molar-refractivity contribution in [3.63, 3.8) is 0 Å². The van der Waals surface area contributed by atoms with Gasteiger partial charge in [-0.1, -0.05) is 78.1 Å². The summed E-state index contributed by atoms with van der Waals surface area (Å²) >= 11 is 4.16. The number of esters is 1. The molecule has 4 N–H and O–H groups in total. The Hall–Kier alpha value is -3.87. The van der Waals surface area contributed by atoms with E-state index in [4.69, 9.17) is 20.6 Å². The number of hydrogen-bond donors (Lipinski definition) is 3. The fourth-order valence-corrected chi connectivity index (χ4v) is 7.54. The molecule has 0 spiro atoms. The lowest BCUT2D eigenvalue weighted by molar-refractivity contribution is -0.153. The van der Waals surface area contributed by atoms with Gasteiger partial charge in [0.2, 0.25) is 5.91 Å². The van der Waals surface area contributed by atoms with Crippen LogP contribution in [0.25, 0.3) is 0 Å². The molecule has 0 unspecified atom stereocenters. The maximum atomic E-state index is 13.6. The molecule has 222 valence electrons. The Labute approximate surface area is 262 Å². The Balaban J connectivity index is 1.33. The molecule has 3 aromatic rings. The minimum atomic E-state index is -0.727. The zero-order valence-electron chi connectivity index (χ0n) is 23.3. The molecular formula is C31H30N4O5S3. The molecule has 0 aliphatic carbocycles. The van der Waals surface area contributed by atoms with Gasteiger partial charge in [0.1, 0.15) is 29.5 Å². The zero-order chi connectivity index (χ0) is 30.3. The van der Waals surface area contributed by atoms with Gasteiger partial charge in [0, 0.05) is 21.3 Å². The van der Waals surface area contributed by atoms with Crippen molar-refractivity contribution in [2.45, 2.75) is 35.1 Å². The normalized spacial score (nSPS) is 17.5. The first-order chi connectivity index (χ1) is 20.8. The Kier molecular flexibility index (Phi) is 10.0. The molecule has 2 aliphatic heterocycles. The topological polar surface area (TPSA) is 135 Å². The van der Waals surface area contributed by atoms with Crippen LogP contribution in [0.1, 0.15) is 16.7 Å². The van der Waals surface area contributed by atoms with Crippen molar-refractivity contribution in [2.24, 2.45) is 5.73 Å². The van der Waals surface area contributed by atoms with Crippen LogP contribution >= 0.6 is 35.3 Å². The molecule has 43 heavy (non-hydrogen) atoms. The summed E-state index contributed by atoms with van der Waals surface area (Å²) in [7, 11) is 1.58. The van der Waals surface area contributed by atoms with Crippen molar-refractivity contribution in [2.75, 3.05) is 12.9 Å². The standard InChI is InChI=1S/C31H30N4O5S3/c1-39-22-11-7-20(8-12-22)16-40-30(38)27-24(43-23-13-9-21(10-14-23)17-42-31(32)33)18-41-29-26(28(37)35(27)29)34-25(36)15-19-5-3-2-4-6-19/h2-14,26,29H,15-18H2,1H3,(H3,32,33)(H,34,36)/t26-,29-/m1/s1. The molecule has 12 heteroatoms. The number of nitrogens with zero attached hydrogens (tertiary/aromatic N) is 1. The SMILES string of the molecule is COc1ccc(COC(=O)C2=C(Sc3ccc(CSC(=N)N)cc3)CS[C@@H]3[C@H](NC(=O)Cc4ccccc4)C(=O)N23)cc1. The van der Waals surface area contributed by atoms with E-state index in [1.807, 2.05) is 66.7 Å². The second kappa shape index (κ2) is 14.1. The van der Waals surface area contributed by atoms with E-state index in [2.05, 4.69) is 5.32 Å². The van der Waals surface area contributed by atoms with Crippen molar-refractivity contribution >= 4 is 58.2 Å². The van der Waals surface area contributed by atoms with E-state index in [9.17, 15) is 14.4 Å². The molecule has 2 aliphatic rings. The Morgan fingerprint density at radius 2 is 1.72 bits per heavy atom. The summed E-state index contributed by atoms with van der Waals surface area (Å²) in [6.07, 6.45) is 0.163. The highest BCUT2D eigenvalue weighted by Crippen LogP contribution is 2.45. The van der Waals surface area contributed by atoms with E-state index in [0.717, 1.165) is 21.6 Å². The molecule has 0 saturated carbocycles. The van der Waals surface area contributed by atoms with Crippen LogP contribution in [0.4, 0.5) is 0 Å². The van der Waals surface area contributed by atoms with Gasteiger partial charge < -0.3 is 20.5 Å². The molecule has 1 fully saturated rings. The van der Waals surface area contributed by atoms with Gasteiger partial charge >= 0.3 is 5.97 Å². The van der Waals surface area contributed by atoms with Crippen molar-refractivity contribution in [1.29, 1.82) is 5.41 Å². The number of β-lactam (4-membered cyclic amide) rings is 1. The highest BCUT2D eigenvalue weighted by atomic mass is 32.2. The number of benzene rings is 3. The summed E-state index contributed by atoms with van der Waals surface area (Å²) in [5, 5.41) is 9.92. The number of carbonyl (C=O) groups excluding carboxylic acids is 3. The van der Waals surface area contributed by atoms with Gasteiger partial charge in [-0.25, -0.2) is 4.79 Å². The van der Waals surface area contributed by atoms with Crippen LogP contribution in [0.15, 0.2) is 94.4 Å². The average Bonchev–Trinajstić information content (AvgIpc) is 3.02. The fraction of sp³-hybridized carbons (Fsp3) is 0.226. The number of methoxy groups -OCH3 is 1. The molecule has 0 aromatic heterocycles. The van der Waals surface area contributed by atoms with E-state index in [1.54, 1.807) is 19.2 Å². The van der Waals surface area contributed by atoms with Gasteiger partial charge in [-0.15, -0.1) is 11.8 Å². The number of thioether (sulfide) groups is 3. The van der Waals surface area contributed by atoms with Gasteiger partial charge in [-0.2, -0.15) is 0 Å². The highest BCUT2D eigenvalue weighted by Gasteiger charge is 2.54. The highest BCUT2D eigenvalue weighted by molar-refractivity contribution is 8.13. The van der Waals surface area contributed by atoms with Gasteiger partial charge in [-0.3, -0.25) is 19.9 Å². The number of nitrogens with one attached hydrogen (secondary N) is 2. The van der Waals surface area contributed by atoms with Crippen LogP contribution in [0.5, 0.6) is 5.75 Å². The first kappa shape index (κ1) is 30.6. The monoisotopic (exact) mass is 634 g/mol. The van der Waals surface area contributed by atoms with E-state index in [1.165, 1.54) is 40.2 Å². The second-order valence-electron chi connectivity index (χ2n) is 9.71. The molecule has 5 rings (SSSR count). The van der Waals surface area contributed by atoms with Gasteiger partial charge in [-0.05, 0) is 41.0 Å². The summed E-state index contributed by atoms with van der Waals surface area (Å²) < 4.78 is 10.9. The maximum Gasteiger partial charge on any atom is 0.356 e. The van der Waals surface area contributed by atoms with Crippen molar-refractivity contribution in [3.8, 4) is 5.75 Å². The first-order valence-electron chi connectivity index (χ1n) is 13.4. The average molecular weight is 635 g/mol. The number of amides is 2. The summed E-state index contributed by atoms with van der Waals surface area (Å²) in [4.78, 5) is 42.8. The number of nitrogens with two attached hydrogens (primary N) is 1. The Morgan fingerprint density at radius 1 is 1.02 bits per heavy atom. The van der Waals surface area contributed by atoms with E-state index in [-0.39, 0.29) is 35.7 Å². The predicted molar refractivity (Wildman–Crippen MR) is 170 cm³/mol.